The van der Waals surface area contributed by atoms with Crippen LogP contribution in [-0.4, -0.2) is 4.57 Å². The summed E-state index contributed by atoms with van der Waals surface area (Å²) in [5.41, 5.74) is 14.1. The standard InChI is InChI=1S/C49H33N/c1-49(2)41-19-11-9-17-35(41)40-29-43-46(39-18-10-12-20-42(39)50(43)33-15-7-4-8-16-33)47(48(40)49)38-28-24-32-22-26-36-34(30-13-5-3-6-14-30)25-21-31-23-27-37(38)45(32)44(31)36/h3-29H,1-2H3. The predicted molar refractivity (Wildman–Crippen MR) is 213 cm³/mol. The minimum Gasteiger partial charge on any atom is -0.309 e. The van der Waals surface area contributed by atoms with Crippen molar-refractivity contribution < 1.29 is 0 Å². The van der Waals surface area contributed by atoms with Gasteiger partial charge in [-0.1, -0.05) is 153 Å². The van der Waals surface area contributed by atoms with Crippen LogP contribution in [0.25, 0.3) is 93.2 Å². The number of benzene rings is 9. The zero-order valence-corrected chi connectivity index (χ0v) is 28.0. The fraction of sp³-hybridized carbons (Fsp3) is 0.0612. The first kappa shape index (κ1) is 27.7. The van der Waals surface area contributed by atoms with Gasteiger partial charge in [-0.2, -0.15) is 0 Å². The number of hydrogen-bond donors (Lipinski definition) is 0. The second-order valence-corrected chi connectivity index (χ2v) is 14.4. The van der Waals surface area contributed by atoms with E-state index in [1.807, 2.05) is 0 Å². The molecule has 11 rings (SSSR count). The molecular formula is C49H33N. The van der Waals surface area contributed by atoms with Gasteiger partial charge in [0.25, 0.3) is 0 Å². The summed E-state index contributed by atoms with van der Waals surface area (Å²) in [6, 6.07) is 61.0. The van der Waals surface area contributed by atoms with Crippen molar-refractivity contribution in [3.05, 3.63) is 175 Å². The summed E-state index contributed by atoms with van der Waals surface area (Å²) in [6.07, 6.45) is 0. The molecule has 234 valence electrons. The molecule has 1 heteroatoms. The molecule has 0 aliphatic heterocycles. The van der Waals surface area contributed by atoms with Crippen molar-refractivity contribution in [2.24, 2.45) is 0 Å². The first-order valence-corrected chi connectivity index (χ1v) is 17.6. The van der Waals surface area contributed by atoms with Gasteiger partial charge in [0.05, 0.1) is 11.0 Å². The molecule has 50 heavy (non-hydrogen) atoms. The second-order valence-electron chi connectivity index (χ2n) is 14.4. The van der Waals surface area contributed by atoms with E-state index >= 15 is 0 Å². The van der Waals surface area contributed by atoms with E-state index in [1.54, 1.807) is 0 Å². The van der Waals surface area contributed by atoms with Crippen LogP contribution in [0.2, 0.25) is 0 Å². The quantitative estimate of drug-likeness (QED) is 0.170. The zero-order chi connectivity index (χ0) is 33.1. The highest BCUT2D eigenvalue weighted by Crippen LogP contribution is 2.57. The van der Waals surface area contributed by atoms with Crippen LogP contribution >= 0.6 is 0 Å². The Labute approximate surface area is 291 Å². The van der Waals surface area contributed by atoms with E-state index in [4.69, 9.17) is 0 Å². The molecule has 0 atom stereocenters. The highest BCUT2D eigenvalue weighted by molar-refractivity contribution is 6.29. The largest absolute Gasteiger partial charge is 0.309 e. The van der Waals surface area contributed by atoms with Crippen LogP contribution in [0.3, 0.4) is 0 Å². The third kappa shape index (κ3) is 3.56. The van der Waals surface area contributed by atoms with Crippen LogP contribution in [0.15, 0.2) is 164 Å². The fourth-order valence-corrected chi connectivity index (χ4v) is 9.40. The van der Waals surface area contributed by atoms with Crippen LogP contribution in [0.4, 0.5) is 0 Å². The Morgan fingerprint density at radius 3 is 1.78 bits per heavy atom. The first-order valence-electron chi connectivity index (χ1n) is 17.6. The van der Waals surface area contributed by atoms with E-state index < -0.39 is 0 Å². The van der Waals surface area contributed by atoms with E-state index in [1.165, 1.54) is 104 Å². The van der Waals surface area contributed by atoms with Gasteiger partial charge in [0, 0.05) is 21.9 Å². The molecule has 0 spiro atoms. The maximum Gasteiger partial charge on any atom is 0.0553 e. The minimum absolute atomic E-state index is 0.185. The van der Waals surface area contributed by atoms with Crippen LogP contribution < -0.4 is 0 Å². The number of nitrogens with zero attached hydrogens (tertiary/aromatic N) is 1. The van der Waals surface area contributed by atoms with Crippen molar-refractivity contribution in [3.63, 3.8) is 0 Å². The van der Waals surface area contributed by atoms with Crippen LogP contribution in [0.1, 0.15) is 25.0 Å². The Kier molecular flexibility index (Phi) is 5.51. The Morgan fingerprint density at radius 2 is 1.02 bits per heavy atom. The molecule has 0 bridgehead atoms. The van der Waals surface area contributed by atoms with E-state index in [2.05, 4.69) is 182 Å². The first-order chi connectivity index (χ1) is 24.6. The van der Waals surface area contributed by atoms with Gasteiger partial charge >= 0.3 is 0 Å². The van der Waals surface area contributed by atoms with Gasteiger partial charge in [-0.3, -0.25) is 0 Å². The summed E-state index contributed by atoms with van der Waals surface area (Å²) < 4.78 is 2.48. The van der Waals surface area contributed by atoms with Gasteiger partial charge in [0.2, 0.25) is 0 Å². The lowest BCUT2D eigenvalue weighted by molar-refractivity contribution is 0.663. The number of aromatic nitrogens is 1. The van der Waals surface area contributed by atoms with Crippen molar-refractivity contribution in [2.75, 3.05) is 0 Å². The average molecular weight is 636 g/mol. The molecule has 1 aliphatic carbocycles. The summed E-state index contributed by atoms with van der Waals surface area (Å²) >= 11 is 0. The number of para-hydroxylation sites is 2. The Bertz CT molecular complexity index is 2980. The lowest BCUT2D eigenvalue weighted by Crippen LogP contribution is -2.16. The van der Waals surface area contributed by atoms with Crippen molar-refractivity contribution >= 4 is 54.1 Å². The van der Waals surface area contributed by atoms with Crippen molar-refractivity contribution in [2.45, 2.75) is 19.3 Å². The third-order valence-electron chi connectivity index (χ3n) is 11.5. The summed E-state index contributed by atoms with van der Waals surface area (Å²) in [5.74, 6) is 0. The molecule has 0 saturated heterocycles. The molecule has 0 saturated carbocycles. The minimum atomic E-state index is -0.185. The fourth-order valence-electron chi connectivity index (χ4n) is 9.40. The number of rotatable bonds is 3. The Balaban J connectivity index is 1.34. The Hall–Kier alpha value is -6.18. The lowest BCUT2D eigenvalue weighted by atomic mass is 9.76. The molecule has 0 amide bonds. The summed E-state index contributed by atoms with van der Waals surface area (Å²) in [4.78, 5) is 0. The normalized spacial score (nSPS) is 13.6. The van der Waals surface area contributed by atoms with Gasteiger partial charge in [0.1, 0.15) is 0 Å². The molecule has 10 aromatic rings. The molecule has 1 nitrogen and oxygen atoms in total. The lowest BCUT2D eigenvalue weighted by Gasteiger charge is -2.26. The third-order valence-corrected chi connectivity index (χ3v) is 11.5. The molecule has 0 radical (unpaired) electrons. The second kappa shape index (κ2) is 9.94. The number of hydrogen-bond acceptors (Lipinski definition) is 0. The summed E-state index contributed by atoms with van der Waals surface area (Å²) in [5, 5.41) is 10.5. The van der Waals surface area contributed by atoms with Crippen LogP contribution in [0.5, 0.6) is 0 Å². The maximum absolute atomic E-state index is 2.48. The highest BCUT2D eigenvalue weighted by Gasteiger charge is 2.39. The molecule has 1 aromatic heterocycles. The SMILES string of the molecule is CC1(C)c2ccccc2-c2cc3c(c(-c4ccc5ccc6c(-c7ccccc7)ccc7ccc4c5c76)c21)c1ccccc1n3-c1ccccc1. The molecule has 0 unspecified atom stereocenters. The maximum atomic E-state index is 2.48. The van der Waals surface area contributed by atoms with Gasteiger partial charge in [-0.15, -0.1) is 0 Å². The average Bonchev–Trinajstić information content (AvgIpc) is 3.62. The van der Waals surface area contributed by atoms with E-state index in [-0.39, 0.29) is 5.41 Å². The Morgan fingerprint density at radius 1 is 0.420 bits per heavy atom. The van der Waals surface area contributed by atoms with Crippen molar-refractivity contribution in [1.82, 2.24) is 4.57 Å². The monoisotopic (exact) mass is 635 g/mol. The molecule has 0 fully saturated rings. The predicted octanol–water partition coefficient (Wildman–Crippen LogP) is 13.3. The summed E-state index contributed by atoms with van der Waals surface area (Å²) in [7, 11) is 0. The summed E-state index contributed by atoms with van der Waals surface area (Å²) in [6.45, 7) is 4.84. The smallest absolute Gasteiger partial charge is 0.0553 e. The molecule has 0 N–H and O–H groups in total. The molecule has 9 aromatic carbocycles. The topological polar surface area (TPSA) is 4.93 Å². The zero-order valence-electron chi connectivity index (χ0n) is 28.0. The molecule has 1 heterocycles. The van der Waals surface area contributed by atoms with Crippen LogP contribution in [-0.2, 0) is 5.41 Å². The van der Waals surface area contributed by atoms with Crippen molar-refractivity contribution in [3.8, 4) is 39.1 Å². The van der Waals surface area contributed by atoms with Gasteiger partial charge in [0.15, 0.2) is 0 Å². The van der Waals surface area contributed by atoms with Gasteiger partial charge in [-0.25, -0.2) is 0 Å². The molecular weight excluding hydrogens is 603 g/mol. The number of fused-ring (bicyclic) bond motifs is 6. The van der Waals surface area contributed by atoms with E-state index in [0.717, 1.165) is 0 Å². The van der Waals surface area contributed by atoms with Crippen molar-refractivity contribution in [1.29, 1.82) is 0 Å². The van der Waals surface area contributed by atoms with Gasteiger partial charge in [-0.05, 0) is 101 Å². The van der Waals surface area contributed by atoms with Gasteiger partial charge < -0.3 is 4.57 Å². The van der Waals surface area contributed by atoms with E-state index in [9.17, 15) is 0 Å². The molecule has 1 aliphatic rings. The highest BCUT2D eigenvalue weighted by atomic mass is 15.0. The van der Waals surface area contributed by atoms with E-state index in [0.29, 0.717) is 0 Å². The van der Waals surface area contributed by atoms with Crippen LogP contribution in [0, 0.1) is 0 Å².